The lowest BCUT2D eigenvalue weighted by atomic mass is 9.73. The van der Waals surface area contributed by atoms with Gasteiger partial charge < -0.3 is 23.4 Å². The zero-order valence-electron chi connectivity index (χ0n) is 15.3. The number of hydrogen-bond acceptors (Lipinski definition) is 4. The molecule has 0 fully saturated rings. The molecule has 0 bridgehead atoms. The molecule has 0 aromatic heterocycles. The van der Waals surface area contributed by atoms with Gasteiger partial charge in [-0.1, -0.05) is 0 Å². The Morgan fingerprint density at radius 3 is 2.77 bits per heavy atom. The summed E-state index contributed by atoms with van der Waals surface area (Å²) in [5.41, 5.74) is 7.86. The van der Waals surface area contributed by atoms with E-state index in [9.17, 15) is 0 Å². The monoisotopic (exact) mass is 352 g/mol. The quantitative estimate of drug-likeness (QED) is 0.739. The Hall–Kier alpha value is -2.40. The van der Waals surface area contributed by atoms with Crippen LogP contribution in [0.3, 0.4) is 0 Å². The highest BCUT2D eigenvalue weighted by Gasteiger charge is 2.46. The Kier molecular flexibility index (Phi) is 2.64. The van der Waals surface area contributed by atoms with Crippen LogP contribution in [-0.2, 0) is 19.4 Å². The van der Waals surface area contributed by atoms with Crippen LogP contribution < -0.4 is 18.9 Å². The minimum Gasteiger partial charge on any atom is -0.493 e. The van der Waals surface area contributed by atoms with E-state index in [0.29, 0.717) is 19.4 Å². The van der Waals surface area contributed by atoms with Crippen LogP contribution in [0, 0.1) is 0 Å². The summed E-state index contributed by atoms with van der Waals surface area (Å²) < 4.78 is 24.4. The standard InChI is InChI=1S/C21H22NO4/c1-22(2)5-4-11-7-15(23-3)21-19-17-12(6-14(22)18(11)19)8-16-20(26-10-25-16)13(17)9-24-21/h7-8,14H,4-6,9-10H2,1-3H3/q+1/t14-/m0/s1. The van der Waals surface area contributed by atoms with E-state index in [0.717, 1.165) is 52.4 Å². The molecule has 1 aliphatic carbocycles. The van der Waals surface area contributed by atoms with E-state index in [-0.39, 0.29) is 0 Å². The third-order valence-corrected chi connectivity index (χ3v) is 6.59. The first-order valence-electron chi connectivity index (χ1n) is 9.22. The number of hydrogen-bond donors (Lipinski definition) is 0. The molecule has 0 amide bonds. The summed E-state index contributed by atoms with van der Waals surface area (Å²) in [6.07, 6.45) is 2.09. The molecule has 0 saturated carbocycles. The maximum absolute atomic E-state index is 6.24. The van der Waals surface area contributed by atoms with Crippen LogP contribution in [0.5, 0.6) is 23.0 Å². The topological polar surface area (TPSA) is 36.9 Å². The van der Waals surface area contributed by atoms with Gasteiger partial charge in [-0.15, -0.1) is 0 Å². The summed E-state index contributed by atoms with van der Waals surface area (Å²) in [5, 5.41) is 0. The summed E-state index contributed by atoms with van der Waals surface area (Å²) >= 11 is 0. The van der Waals surface area contributed by atoms with Gasteiger partial charge >= 0.3 is 0 Å². The van der Waals surface area contributed by atoms with Crippen molar-refractivity contribution in [1.82, 2.24) is 0 Å². The lowest BCUT2D eigenvalue weighted by Crippen LogP contribution is -2.49. The van der Waals surface area contributed by atoms with E-state index >= 15 is 0 Å². The molecule has 0 radical (unpaired) electrons. The lowest BCUT2D eigenvalue weighted by molar-refractivity contribution is -0.923. The molecular weight excluding hydrogens is 330 g/mol. The largest absolute Gasteiger partial charge is 0.493 e. The second kappa shape index (κ2) is 4.65. The number of quaternary nitrogens is 1. The van der Waals surface area contributed by atoms with Crippen LogP contribution in [0.4, 0.5) is 0 Å². The Bertz CT molecular complexity index is 979. The van der Waals surface area contributed by atoms with Crippen molar-refractivity contribution in [3.63, 3.8) is 0 Å². The van der Waals surface area contributed by atoms with Crippen molar-refractivity contribution in [2.75, 3.05) is 34.5 Å². The van der Waals surface area contributed by atoms with Crippen molar-refractivity contribution < 1.29 is 23.4 Å². The first kappa shape index (κ1) is 14.7. The maximum atomic E-state index is 6.24. The fourth-order valence-corrected chi connectivity index (χ4v) is 5.23. The summed E-state index contributed by atoms with van der Waals surface area (Å²) in [6.45, 7) is 1.92. The third-order valence-electron chi connectivity index (χ3n) is 6.59. The number of methoxy groups -OCH3 is 1. The number of benzene rings is 2. The molecule has 6 rings (SSSR count). The first-order valence-corrected chi connectivity index (χ1v) is 9.22. The maximum Gasteiger partial charge on any atom is 0.231 e. The van der Waals surface area contributed by atoms with Crippen molar-refractivity contribution in [1.29, 1.82) is 0 Å². The van der Waals surface area contributed by atoms with E-state index in [2.05, 4.69) is 26.2 Å². The van der Waals surface area contributed by atoms with Gasteiger partial charge in [0.15, 0.2) is 23.0 Å². The number of likely N-dealkylation sites (N-methyl/N-ethyl adjacent to an activating group) is 1. The van der Waals surface area contributed by atoms with Gasteiger partial charge in [0, 0.05) is 35.1 Å². The molecule has 3 aliphatic heterocycles. The predicted octanol–water partition coefficient (Wildman–Crippen LogP) is 3.21. The second-order valence-electron chi connectivity index (χ2n) is 8.24. The highest BCUT2D eigenvalue weighted by molar-refractivity contribution is 5.88. The molecule has 2 aromatic carbocycles. The van der Waals surface area contributed by atoms with Crippen LogP contribution in [0.15, 0.2) is 12.1 Å². The van der Waals surface area contributed by atoms with Crippen molar-refractivity contribution in [3.05, 3.63) is 34.4 Å². The zero-order chi connectivity index (χ0) is 17.6. The molecule has 26 heavy (non-hydrogen) atoms. The first-order chi connectivity index (χ1) is 12.6. The SMILES string of the molecule is COc1cc2c3c4c1OCc1c5c(cc(c1-4)C[C@@H]3[N+](C)(C)CC2)OCO5. The van der Waals surface area contributed by atoms with Gasteiger partial charge in [-0.05, 0) is 23.3 Å². The van der Waals surface area contributed by atoms with Gasteiger partial charge in [-0.25, -0.2) is 0 Å². The van der Waals surface area contributed by atoms with Gasteiger partial charge in [0.1, 0.15) is 12.6 Å². The van der Waals surface area contributed by atoms with Crippen molar-refractivity contribution >= 4 is 0 Å². The Morgan fingerprint density at radius 1 is 1.04 bits per heavy atom. The highest BCUT2D eigenvalue weighted by atomic mass is 16.7. The number of fused-ring (bicyclic) bond motifs is 2. The average molecular weight is 352 g/mol. The van der Waals surface area contributed by atoms with Crippen molar-refractivity contribution in [2.45, 2.75) is 25.5 Å². The molecule has 4 aliphatic rings. The Balaban J connectivity index is 1.74. The predicted molar refractivity (Wildman–Crippen MR) is 96.0 cm³/mol. The highest BCUT2D eigenvalue weighted by Crippen LogP contribution is 2.59. The molecule has 0 spiro atoms. The van der Waals surface area contributed by atoms with Crippen LogP contribution in [0.1, 0.15) is 28.3 Å². The average Bonchev–Trinajstić information content (AvgIpc) is 3.11. The van der Waals surface area contributed by atoms with E-state index in [4.69, 9.17) is 18.9 Å². The van der Waals surface area contributed by atoms with E-state index < -0.39 is 0 Å². The van der Waals surface area contributed by atoms with Gasteiger partial charge in [-0.3, -0.25) is 0 Å². The molecule has 3 heterocycles. The number of nitrogens with zero attached hydrogens (tertiary/aromatic N) is 1. The Labute approximate surface area is 152 Å². The van der Waals surface area contributed by atoms with Crippen LogP contribution in [0.2, 0.25) is 0 Å². The van der Waals surface area contributed by atoms with Crippen LogP contribution in [0.25, 0.3) is 11.1 Å². The molecule has 2 aromatic rings. The van der Waals surface area contributed by atoms with Gasteiger partial charge in [0.2, 0.25) is 6.79 Å². The summed E-state index contributed by atoms with van der Waals surface area (Å²) in [4.78, 5) is 0. The van der Waals surface area contributed by atoms with Gasteiger partial charge in [-0.2, -0.15) is 0 Å². The summed E-state index contributed by atoms with van der Waals surface area (Å²) in [6, 6.07) is 4.82. The number of rotatable bonds is 1. The molecule has 5 heteroatoms. The third kappa shape index (κ3) is 1.65. The Morgan fingerprint density at radius 2 is 1.92 bits per heavy atom. The fraction of sp³-hybridized carbons (Fsp3) is 0.429. The molecule has 0 unspecified atom stereocenters. The summed E-state index contributed by atoms with van der Waals surface area (Å²) in [5.74, 6) is 3.46. The van der Waals surface area contributed by atoms with E-state index in [1.807, 2.05) is 0 Å². The van der Waals surface area contributed by atoms with Crippen LogP contribution >= 0.6 is 0 Å². The molecule has 134 valence electrons. The molecule has 1 atom stereocenters. The fourth-order valence-electron chi connectivity index (χ4n) is 5.23. The minimum absolute atomic E-state index is 0.291. The lowest BCUT2D eigenvalue weighted by Gasteiger charge is -2.47. The van der Waals surface area contributed by atoms with Crippen molar-refractivity contribution in [2.24, 2.45) is 0 Å². The smallest absolute Gasteiger partial charge is 0.231 e. The minimum atomic E-state index is 0.291. The molecule has 0 N–H and O–H groups in total. The summed E-state index contributed by atoms with van der Waals surface area (Å²) in [7, 11) is 6.41. The van der Waals surface area contributed by atoms with E-state index in [1.165, 1.54) is 27.8 Å². The second-order valence-corrected chi connectivity index (χ2v) is 8.24. The number of ether oxygens (including phenoxy) is 4. The molecule has 0 saturated heterocycles. The molecular formula is C21H22NO4+. The molecule has 5 nitrogen and oxygen atoms in total. The van der Waals surface area contributed by atoms with Gasteiger partial charge in [0.25, 0.3) is 0 Å². The zero-order valence-corrected chi connectivity index (χ0v) is 15.3. The normalized spacial score (nSPS) is 22.5. The van der Waals surface area contributed by atoms with Crippen LogP contribution in [-0.4, -0.2) is 39.0 Å². The van der Waals surface area contributed by atoms with Gasteiger partial charge in [0.05, 0.1) is 27.7 Å². The van der Waals surface area contributed by atoms with Crippen molar-refractivity contribution in [3.8, 4) is 34.1 Å². The van der Waals surface area contributed by atoms with E-state index in [1.54, 1.807) is 7.11 Å².